The minimum Gasteiger partial charge on any atom is -0.457 e. The third-order valence-electron chi connectivity index (χ3n) is 7.72. The van der Waals surface area contributed by atoms with Crippen LogP contribution in [-0.2, 0) is 23.7 Å². The van der Waals surface area contributed by atoms with Gasteiger partial charge < -0.3 is 31.8 Å². The highest BCUT2D eigenvalue weighted by molar-refractivity contribution is 5.98. The number of carbonyl (C=O) groups is 2. The summed E-state index contributed by atoms with van der Waals surface area (Å²) in [5.74, 6) is -1.10. The van der Waals surface area contributed by atoms with Gasteiger partial charge in [0.25, 0.3) is 5.91 Å². The summed E-state index contributed by atoms with van der Waals surface area (Å²) in [6.45, 7) is 0.0171. The zero-order chi connectivity index (χ0) is 36.9. The number of rotatable bonds is 12. The van der Waals surface area contributed by atoms with Gasteiger partial charge in [0, 0.05) is 24.2 Å². The van der Waals surface area contributed by atoms with E-state index in [0.717, 1.165) is 24.3 Å². The average Bonchev–Trinajstić information content (AvgIpc) is 3.45. The highest BCUT2D eigenvalue weighted by Gasteiger charge is 2.31. The average molecular weight is 712 g/mol. The number of amides is 2. The van der Waals surface area contributed by atoms with Gasteiger partial charge in [-0.15, -0.1) is 0 Å². The fourth-order valence-corrected chi connectivity index (χ4v) is 5.36. The third kappa shape index (κ3) is 8.95. The Morgan fingerprint density at radius 2 is 1.47 bits per heavy atom. The predicted octanol–water partition coefficient (Wildman–Crippen LogP) is 6.54. The van der Waals surface area contributed by atoms with Gasteiger partial charge in [-0.05, 0) is 79.1 Å². The number of guanidine groups is 1. The van der Waals surface area contributed by atoms with Crippen LogP contribution in [0.1, 0.15) is 45.9 Å². The Morgan fingerprint density at radius 1 is 0.824 bits per heavy atom. The largest absolute Gasteiger partial charge is 0.457 e. The third-order valence-corrected chi connectivity index (χ3v) is 7.72. The number of carbonyl (C=O) groups excluding carboxylic acids is 2. The lowest BCUT2D eigenvalue weighted by Gasteiger charge is -2.19. The molecule has 2 amide bonds. The number of fused-ring (bicyclic) bond motifs is 1. The van der Waals surface area contributed by atoms with Gasteiger partial charge in [0.05, 0.1) is 22.2 Å². The van der Waals surface area contributed by atoms with Gasteiger partial charge in [-0.3, -0.25) is 14.6 Å². The summed E-state index contributed by atoms with van der Waals surface area (Å²) in [5, 5.41) is 2.61. The lowest BCUT2D eigenvalue weighted by Crippen LogP contribution is -2.27. The van der Waals surface area contributed by atoms with Crippen LogP contribution in [0.5, 0.6) is 11.5 Å². The van der Waals surface area contributed by atoms with Crippen LogP contribution in [-0.4, -0.2) is 33.9 Å². The van der Waals surface area contributed by atoms with Gasteiger partial charge in [-0.25, -0.2) is 4.98 Å². The van der Waals surface area contributed by atoms with Gasteiger partial charge in [-0.1, -0.05) is 30.3 Å². The standard InChI is InChI=1S/C35H31F6N7O3/c36-34(37,38)23-7-1-5-20(15-23)19-46-32(50)22-12-13-28-27(17-22)47-31(48(28)29(30(42)49)11-4-14-45-33(43)44)21-6-2-9-25(16-21)51-26-10-3-8-24(18-26)35(39,40)41/h1-3,5-10,12-13,15-18,29H,4,11,14,19H2,(H2,42,49)(H,46,50)(H4,43,44,45). The molecular formula is C35H31F6N7O3. The number of imidazole rings is 1. The highest BCUT2D eigenvalue weighted by Crippen LogP contribution is 2.36. The second-order valence-electron chi connectivity index (χ2n) is 11.4. The Hall–Kier alpha value is -6.06. The van der Waals surface area contributed by atoms with Crippen LogP contribution >= 0.6 is 0 Å². The van der Waals surface area contributed by atoms with Gasteiger partial charge in [-0.2, -0.15) is 26.3 Å². The van der Waals surface area contributed by atoms with E-state index in [-0.39, 0.29) is 59.4 Å². The first-order valence-electron chi connectivity index (χ1n) is 15.4. The first-order valence-corrected chi connectivity index (χ1v) is 15.4. The van der Waals surface area contributed by atoms with Crippen molar-refractivity contribution in [3.63, 3.8) is 0 Å². The van der Waals surface area contributed by atoms with Gasteiger partial charge in [0.2, 0.25) is 5.91 Å². The molecule has 5 rings (SSSR count). The normalized spacial score (nSPS) is 12.4. The maximum atomic E-state index is 13.3. The summed E-state index contributed by atoms with van der Waals surface area (Å²) in [5.41, 5.74) is 16.5. The molecule has 266 valence electrons. The molecule has 5 aromatic rings. The molecule has 10 nitrogen and oxygen atoms in total. The number of benzene rings is 4. The molecule has 0 saturated heterocycles. The number of alkyl halides is 6. The van der Waals surface area contributed by atoms with Crippen molar-refractivity contribution >= 4 is 28.8 Å². The quantitative estimate of drug-likeness (QED) is 0.0497. The van der Waals surface area contributed by atoms with E-state index in [1.54, 1.807) is 22.8 Å². The van der Waals surface area contributed by atoms with E-state index < -0.39 is 41.3 Å². The van der Waals surface area contributed by atoms with Crippen molar-refractivity contribution in [2.24, 2.45) is 22.2 Å². The first kappa shape index (κ1) is 36.2. The van der Waals surface area contributed by atoms with E-state index in [2.05, 4.69) is 10.3 Å². The topological polar surface area (TPSA) is 164 Å². The summed E-state index contributed by atoms with van der Waals surface area (Å²) in [6, 6.07) is 18.7. The lowest BCUT2D eigenvalue weighted by molar-refractivity contribution is -0.138. The fourth-order valence-electron chi connectivity index (χ4n) is 5.36. The SMILES string of the molecule is NC(=O)C(CCCN=C(N)N)n1c(-c2cccc(Oc3cccc(C(F)(F)F)c3)c2)nc2cc(C(=O)NCc3cccc(C(F)(F)F)c3)ccc21. The minimum atomic E-state index is -4.58. The Kier molecular flexibility index (Phi) is 10.5. The zero-order valence-electron chi connectivity index (χ0n) is 26.6. The van der Waals surface area contributed by atoms with E-state index >= 15 is 0 Å². The van der Waals surface area contributed by atoms with Crippen molar-refractivity contribution in [2.75, 3.05) is 6.54 Å². The molecule has 1 atom stereocenters. The van der Waals surface area contributed by atoms with Crippen LogP contribution in [0, 0.1) is 0 Å². The lowest BCUT2D eigenvalue weighted by atomic mass is 10.1. The molecule has 1 heterocycles. The Bertz CT molecular complexity index is 2090. The van der Waals surface area contributed by atoms with Crippen LogP contribution in [0.25, 0.3) is 22.4 Å². The fraction of sp³-hybridized carbons (Fsp3) is 0.200. The summed E-state index contributed by atoms with van der Waals surface area (Å²) in [6.07, 6.45) is -8.59. The summed E-state index contributed by atoms with van der Waals surface area (Å²) in [4.78, 5) is 34.7. The number of halogens is 6. The van der Waals surface area contributed by atoms with Crippen molar-refractivity contribution in [3.05, 3.63) is 113 Å². The molecule has 0 spiro atoms. The Balaban J connectivity index is 1.50. The number of aromatic nitrogens is 2. The molecule has 16 heteroatoms. The van der Waals surface area contributed by atoms with Gasteiger partial charge in [0.1, 0.15) is 23.4 Å². The van der Waals surface area contributed by atoms with Crippen molar-refractivity contribution in [3.8, 4) is 22.9 Å². The van der Waals surface area contributed by atoms with Crippen LogP contribution in [0.3, 0.4) is 0 Å². The van der Waals surface area contributed by atoms with Gasteiger partial charge in [0.15, 0.2) is 5.96 Å². The van der Waals surface area contributed by atoms with Crippen molar-refractivity contribution in [2.45, 2.75) is 37.8 Å². The highest BCUT2D eigenvalue weighted by atomic mass is 19.4. The molecule has 1 aromatic heterocycles. The maximum Gasteiger partial charge on any atom is 0.416 e. The summed E-state index contributed by atoms with van der Waals surface area (Å²) in [7, 11) is 0. The molecule has 1 unspecified atom stereocenters. The van der Waals surface area contributed by atoms with Crippen molar-refractivity contribution in [1.82, 2.24) is 14.9 Å². The monoisotopic (exact) mass is 711 g/mol. The number of primary amides is 1. The van der Waals surface area contributed by atoms with E-state index in [4.69, 9.17) is 26.9 Å². The number of ether oxygens (including phenoxy) is 1. The van der Waals surface area contributed by atoms with E-state index in [0.29, 0.717) is 17.5 Å². The summed E-state index contributed by atoms with van der Waals surface area (Å²) < 4.78 is 86.7. The van der Waals surface area contributed by atoms with E-state index in [9.17, 15) is 35.9 Å². The number of hydrogen-bond acceptors (Lipinski definition) is 5. The van der Waals surface area contributed by atoms with E-state index in [1.165, 1.54) is 48.5 Å². The molecule has 0 saturated carbocycles. The number of aliphatic imine (C=N–C) groups is 1. The van der Waals surface area contributed by atoms with Crippen LogP contribution in [0.4, 0.5) is 26.3 Å². The minimum absolute atomic E-state index is 0.0639. The smallest absolute Gasteiger partial charge is 0.416 e. The maximum absolute atomic E-state index is 13.3. The number of nitrogens with two attached hydrogens (primary N) is 3. The van der Waals surface area contributed by atoms with E-state index in [1.807, 2.05) is 0 Å². The molecular weight excluding hydrogens is 680 g/mol. The molecule has 51 heavy (non-hydrogen) atoms. The second-order valence-corrected chi connectivity index (χ2v) is 11.4. The number of nitrogens with one attached hydrogen (secondary N) is 1. The predicted molar refractivity (Wildman–Crippen MR) is 177 cm³/mol. The molecule has 0 fully saturated rings. The molecule has 0 aliphatic carbocycles. The van der Waals surface area contributed by atoms with Crippen molar-refractivity contribution in [1.29, 1.82) is 0 Å². The van der Waals surface area contributed by atoms with Crippen LogP contribution in [0.15, 0.2) is 96.0 Å². The number of hydrogen-bond donors (Lipinski definition) is 4. The van der Waals surface area contributed by atoms with Crippen LogP contribution < -0.4 is 27.3 Å². The molecule has 7 N–H and O–H groups in total. The molecule has 0 aliphatic heterocycles. The van der Waals surface area contributed by atoms with Gasteiger partial charge >= 0.3 is 12.4 Å². The molecule has 0 aliphatic rings. The zero-order valence-corrected chi connectivity index (χ0v) is 26.6. The molecule has 0 bridgehead atoms. The second kappa shape index (κ2) is 14.8. The molecule has 0 radical (unpaired) electrons. The first-order chi connectivity index (χ1) is 24.1. The molecule has 4 aromatic carbocycles. The Morgan fingerprint density at radius 3 is 2.14 bits per heavy atom. The Labute approximate surface area is 286 Å². The van der Waals surface area contributed by atoms with Crippen molar-refractivity contribution < 1.29 is 40.7 Å². The number of nitrogens with zero attached hydrogens (tertiary/aromatic N) is 3. The van der Waals surface area contributed by atoms with Crippen LogP contribution in [0.2, 0.25) is 0 Å². The summed E-state index contributed by atoms with van der Waals surface area (Å²) >= 11 is 0.